The Bertz CT molecular complexity index is 1410. The predicted molar refractivity (Wildman–Crippen MR) is 87.3 cm³/mol. The number of rotatable bonds is 1. The lowest BCUT2D eigenvalue weighted by atomic mass is 10.0. The minimum absolute atomic E-state index is 0.00170. The van der Waals surface area contributed by atoms with E-state index in [9.17, 15) is 22.0 Å². The first kappa shape index (κ1) is 18.1. The van der Waals surface area contributed by atoms with E-state index in [1.165, 1.54) is 6.07 Å². The molecular weight excluding hydrogens is 395 g/mol. The Morgan fingerprint density at radius 3 is 1.62 bits per heavy atom. The van der Waals surface area contributed by atoms with Crippen molar-refractivity contribution >= 4 is 22.3 Å². The fourth-order valence-electron chi connectivity index (χ4n) is 2.67. The monoisotopic (exact) mass is 398 g/mol. The summed E-state index contributed by atoms with van der Waals surface area (Å²) in [7, 11) is 0. The molecule has 0 saturated heterocycles. The van der Waals surface area contributed by atoms with Gasteiger partial charge >= 0.3 is 0 Å². The van der Waals surface area contributed by atoms with E-state index >= 15 is 0 Å². The molecule has 2 aromatic carbocycles. The second kappa shape index (κ2) is 6.42. The maximum Gasteiger partial charge on any atom is 0.200 e. The summed E-state index contributed by atoms with van der Waals surface area (Å²) in [5.74, 6) is -10.4. The Labute approximate surface area is 157 Å². The molecule has 0 bridgehead atoms. The quantitative estimate of drug-likeness (QED) is 0.210. The molecule has 0 saturated carbocycles. The van der Waals surface area contributed by atoms with Crippen molar-refractivity contribution in [1.82, 2.24) is 19.9 Å². The normalized spacial score (nSPS) is 10.9. The van der Waals surface area contributed by atoms with Gasteiger partial charge < -0.3 is 0 Å². The average Bonchev–Trinajstić information content (AvgIpc) is 2.73. The summed E-state index contributed by atoms with van der Waals surface area (Å²) in [4.78, 5) is 15.9. The highest BCUT2D eigenvalue weighted by molar-refractivity contribution is 5.86. The van der Waals surface area contributed by atoms with Crippen molar-refractivity contribution in [3.8, 4) is 23.3 Å². The van der Waals surface area contributed by atoms with Crippen molar-refractivity contribution < 1.29 is 22.0 Å². The van der Waals surface area contributed by atoms with Crippen LogP contribution in [0.25, 0.3) is 33.5 Å². The molecule has 6 nitrogen and oxygen atoms in total. The Hall–Kier alpha value is -4.25. The number of halogens is 5. The fourth-order valence-corrected chi connectivity index (χ4v) is 2.67. The summed E-state index contributed by atoms with van der Waals surface area (Å²) < 4.78 is 68.4. The number of hydrogen-bond donors (Lipinski definition) is 0. The van der Waals surface area contributed by atoms with Gasteiger partial charge in [0.2, 0.25) is 5.82 Å². The van der Waals surface area contributed by atoms with E-state index in [1.807, 2.05) is 0 Å². The van der Waals surface area contributed by atoms with Crippen molar-refractivity contribution in [2.24, 2.45) is 0 Å². The zero-order valence-electron chi connectivity index (χ0n) is 13.8. The second-order valence-electron chi connectivity index (χ2n) is 5.66. The van der Waals surface area contributed by atoms with Crippen LogP contribution in [0.15, 0.2) is 18.2 Å². The average molecular weight is 398 g/mol. The molecule has 11 heteroatoms. The van der Waals surface area contributed by atoms with Crippen molar-refractivity contribution in [3.63, 3.8) is 0 Å². The molecule has 0 fully saturated rings. The van der Waals surface area contributed by atoms with Crippen LogP contribution in [-0.2, 0) is 0 Å². The molecule has 2 heterocycles. The van der Waals surface area contributed by atoms with Gasteiger partial charge in [-0.15, -0.1) is 0 Å². The van der Waals surface area contributed by atoms with E-state index < -0.39 is 34.6 Å². The molecule has 0 spiro atoms. The Balaban J connectivity index is 2.00. The molecule has 0 atom stereocenters. The van der Waals surface area contributed by atoms with E-state index in [-0.39, 0.29) is 39.3 Å². The third-order valence-corrected chi connectivity index (χ3v) is 4.00. The Morgan fingerprint density at radius 2 is 1.10 bits per heavy atom. The molecule has 0 amide bonds. The number of nitrogens with zero attached hydrogens (tertiary/aromatic N) is 6. The maximum absolute atomic E-state index is 14.1. The highest BCUT2D eigenvalue weighted by Gasteiger charge is 2.26. The van der Waals surface area contributed by atoms with Crippen LogP contribution in [0.2, 0.25) is 0 Å². The van der Waals surface area contributed by atoms with Crippen molar-refractivity contribution in [2.75, 3.05) is 0 Å². The first-order valence-electron chi connectivity index (χ1n) is 7.67. The van der Waals surface area contributed by atoms with Crippen LogP contribution in [0.5, 0.6) is 0 Å². The number of aromatic nitrogens is 4. The maximum atomic E-state index is 14.1. The fraction of sp³-hybridized carbons (Fsp3) is 0. The number of benzene rings is 2. The van der Waals surface area contributed by atoms with Crippen LogP contribution >= 0.6 is 0 Å². The Morgan fingerprint density at radius 1 is 0.621 bits per heavy atom. The van der Waals surface area contributed by atoms with Crippen molar-refractivity contribution in [2.45, 2.75) is 0 Å². The third-order valence-electron chi connectivity index (χ3n) is 4.00. The lowest BCUT2D eigenvalue weighted by Crippen LogP contribution is -2.04. The summed E-state index contributed by atoms with van der Waals surface area (Å²) in [5, 5.41) is 18.0. The van der Waals surface area contributed by atoms with Crippen LogP contribution in [-0.4, -0.2) is 19.9 Å². The molecule has 0 radical (unpaired) electrons. The van der Waals surface area contributed by atoms with Gasteiger partial charge in [0.1, 0.15) is 12.1 Å². The minimum Gasteiger partial charge on any atom is -0.224 e. The Kier molecular flexibility index (Phi) is 4.01. The van der Waals surface area contributed by atoms with Gasteiger partial charge in [0.05, 0.1) is 16.6 Å². The van der Waals surface area contributed by atoms with Crippen LogP contribution in [0.1, 0.15) is 11.4 Å². The highest BCUT2D eigenvalue weighted by atomic mass is 19.2. The van der Waals surface area contributed by atoms with Gasteiger partial charge in [-0.3, -0.25) is 0 Å². The lowest BCUT2D eigenvalue weighted by Gasteiger charge is -2.09. The van der Waals surface area contributed by atoms with Crippen LogP contribution in [0, 0.1) is 51.7 Å². The summed E-state index contributed by atoms with van der Waals surface area (Å²) in [6.07, 6.45) is 0. The zero-order chi connectivity index (χ0) is 20.9. The molecular formula is C18H3F5N6. The molecule has 0 aliphatic heterocycles. The second-order valence-corrected chi connectivity index (χ2v) is 5.66. The summed E-state index contributed by atoms with van der Waals surface area (Å²) in [6.45, 7) is 0. The van der Waals surface area contributed by atoms with Gasteiger partial charge in [-0.25, -0.2) is 41.9 Å². The topological polar surface area (TPSA) is 99.1 Å². The molecule has 2 aromatic heterocycles. The van der Waals surface area contributed by atoms with E-state index in [0.717, 1.165) is 12.1 Å². The first-order chi connectivity index (χ1) is 13.8. The van der Waals surface area contributed by atoms with Crippen LogP contribution in [0.4, 0.5) is 22.0 Å². The minimum atomic E-state index is -2.26. The van der Waals surface area contributed by atoms with Gasteiger partial charge in [0.15, 0.2) is 46.0 Å². The standard InChI is InChI=1S/C18H3F5N6/c19-12-11(13(20)15(22)16(23)14(12)21)6-1-2-7-8(3-6)27-18-17(26-7)28-9(4-24)10(5-25)29-18/h1-3H. The number of fused-ring (bicyclic) bond motifs is 2. The summed E-state index contributed by atoms with van der Waals surface area (Å²) in [5.41, 5.74) is -2.04. The van der Waals surface area contributed by atoms with Gasteiger partial charge in [-0.2, -0.15) is 10.5 Å². The van der Waals surface area contributed by atoms with E-state index in [1.54, 1.807) is 12.1 Å². The molecule has 4 aromatic rings. The lowest BCUT2D eigenvalue weighted by molar-refractivity contribution is 0.381. The smallest absolute Gasteiger partial charge is 0.200 e. The van der Waals surface area contributed by atoms with E-state index in [4.69, 9.17) is 10.5 Å². The predicted octanol–water partition coefficient (Wildman–Crippen LogP) is 3.68. The molecule has 4 rings (SSSR count). The van der Waals surface area contributed by atoms with Crippen LogP contribution in [0.3, 0.4) is 0 Å². The van der Waals surface area contributed by atoms with Gasteiger partial charge in [0.25, 0.3) is 0 Å². The van der Waals surface area contributed by atoms with Crippen molar-refractivity contribution in [1.29, 1.82) is 10.5 Å². The highest BCUT2D eigenvalue weighted by Crippen LogP contribution is 2.32. The van der Waals surface area contributed by atoms with Crippen molar-refractivity contribution in [3.05, 3.63) is 58.7 Å². The molecule has 29 heavy (non-hydrogen) atoms. The van der Waals surface area contributed by atoms with E-state index in [2.05, 4.69) is 19.9 Å². The van der Waals surface area contributed by atoms with Gasteiger partial charge in [0, 0.05) is 0 Å². The zero-order valence-corrected chi connectivity index (χ0v) is 13.8. The third kappa shape index (κ3) is 2.68. The number of nitriles is 2. The first-order valence-corrected chi connectivity index (χ1v) is 7.67. The summed E-state index contributed by atoms with van der Waals surface area (Å²) >= 11 is 0. The van der Waals surface area contributed by atoms with Gasteiger partial charge in [-0.1, -0.05) is 6.07 Å². The number of hydrogen-bond acceptors (Lipinski definition) is 6. The largest absolute Gasteiger partial charge is 0.224 e. The molecule has 0 aliphatic carbocycles. The molecule has 0 aliphatic rings. The summed E-state index contributed by atoms with van der Waals surface area (Å²) in [6, 6.07) is 6.77. The van der Waals surface area contributed by atoms with Gasteiger partial charge in [-0.05, 0) is 17.7 Å². The molecule has 0 N–H and O–H groups in total. The SMILES string of the molecule is N#Cc1nc2nc3ccc(-c4c(F)c(F)c(F)c(F)c4F)cc3nc2nc1C#N. The molecule has 140 valence electrons. The van der Waals surface area contributed by atoms with E-state index in [0.29, 0.717) is 0 Å². The van der Waals surface area contributed by atoms with Crippen LogP contribution < -0.4 is 0 Å². The molecule has 0 unspecified atom stereocenters.